The molecular weight excluding hydrogens is 1330 g/mol. The van der Waals surface area contributed by atoms with Gasteiger partial charge in [-0.3, -0.25) is 67.2 Å². The second-order valence-corrected chi connectivity index (χ2v) is 28.3. The number of amides is 11. The topological polar surface area (TPSA) is 499 Å². The Hall–Kier alpha value is -9.64. The molecule has 1 saturated carbocycles. The summed E-state index contributed by atoms with van der Waals surface area (Å²) in [6.07, 6.45) is 4.10. The Morgan fingerprint density at radius 2 is 1.37 bits per heavy atom. The monoisotopic (exact) mass is 1430 g/mol. The van der Waals surface area contributed by atoms with Crippen molar-refractivity contribution < 1.29 is 77.6 Å². The average molecular weight is 1430 g/mol. The van der Waals surface area contributed by atoms with Crippen molar-refractivity contribution >= 4 is 99.5 Å². The van der Waals surface area contributed by atoms with Crippen LogP contribution in [0.2, 0.25) is 0 Å². The Morgan fingerprint density at radius 3 is 2.04 bits per heavy atom. The smallest absolute Gasteiger partial charge is 0.328 e. The van der Waals surface area contributed by atoms with Crippen LogP contribution in [-0.4, -0.2) is 218 Å². The molecule has 4 bridgehead atoms. The normalized spacial score (nSPS) is 25.3. The van der Waals surface area contributed by atoms with E-state index in [1.807, 2.05) is 6.07 Å². The molecular formula is C66H94N18O16S. The summed E-state index contributed by atoms with van der Waals surface area (Å²) in [6.45, 7) is 10.5. The van der Waals surface area contributed by atoms with Gasteiger partial charge in [0.15, 0.2) is 6.04 Å². The van der Waals surface area contributed by atoms with Crippen molar-refractivity contribution in [2.75, 3.05) is 18.1 Å². The van der Waals surface area contributed by atoms with E-state index >= 15 is 0 Å². The number of hydrogen-bond acceptors (Lipinski definition) is 20. The van der Waals surface area contributed by atoms with Gasteiger partial charge in [0.2, 0.25) is 65.0 Å². The van der Waals surface area contributed by atoms with Crippen molar-refractivity contribution in [3.63, 3.8) is 0 Å². The number of H-pyrrole nitrogens is 1. The van der Waals surface area contributed by atoms with E-state index in [0.29, 0.717) is 22.5 Å². The van der Waals surface area contributed by atoms with Gasteiger partial charge in [-0.15, -0.1) is 5.10 Å². The molecule has 1 aromatic carbocycles. The van der Waals surface area contributed by atoms with E-state index < -0.39 is 180 Å². The third-order valence-corrected chi connectivity index (χ3v) is 18.2. The molecule has 1 aliphatic carbocycles. The minimum absolute atomic E-state index is 0.00610. The van der Waals surface area contributed by atoms with Gasteiger partial charge in [-0.1, -0.05) is 56.2 Å². The number of carbonyl (C=O) groups excluding carboxylic acids is 11. The van der Waals surface area contributed by atoms with Gasteiger partial charge < -0.3 is 84.1 Å². The Morgan fingerprint density at radius 1 is 0.703 bits per heavy atom. The van der Waals surface area contributed by atoms with Gasteiger partial charge in [0.25, 0.3) is 0 Å². The number of aromatic amines is 1. The number of thioether (sulfide) groups is 1. The van der Waals surface area contributed by atoms with E-state index in [0.717, 1.165) is 36.9 Å². The highest BCUT2D eigenvalue weighted by Gasteiger charge is 2.39. The van der Waals surface area contributed by atoms with Crippen LogP contribution in [0, 0.1) is 11.8 Å². The molecule has 11 amide bonds. The first kappa shape index (κ1) is 78.7. The number of nitrogens with one attached hydrogen (secondary N) is 13. The van der Waals surface area contributed by atoms with Crippen LogP contribution in [0.1, 0.15) is 130 Å². The number of carboxylic acid groups (broad SMARTS) is 2. The van der Waals surface area contributed by atoms with Crippen LogP contribution in [0.5, 0.6) is 0 Å². The van der Waals surface area contributed by atoms with E-state index in [1.54, 1.807) is 71.3 Å². The highest BCUT2D eigenvalue weighted by Crippen LogP contribution is 2.33. The number of aliphatic carboxylic acids is 2. The Bertz CT molecular complexity index is 3600. The van der Waals surface area contributed by atoms with Crippen LogP contribution in [0.4, 0.5) is 0 Å². The number of carboxylic acids is 2. The molecule has 7 rings (SSSR count). The summed E-state index contributed by atoms with van der Waals surface area (Å²) in [4.78, 5) is 196. The molecule has 34 nitrogen and oxygen atoms in total. The highest BCUT2D eigenvalue weighted by atomic mass is 32.2. The standard InChI is InChI=1S/C66H94N18O16S/c1-34(2)53-64(98)78-48(26-41-25-38-12-8-9-13-39(38)28-68-41)61(95)75-46(60(94)80-54(36(4)85)65(99)100)21-23-101-32-50(81-66(5,6)7)63(97)71-35(3)55(89)73-45-18-17-40-31-84(83-82-40)22-11-10-14-43(59(93)79-53)74-57(91)44(19-20-52(87)88)72-51(86)30-69-56(90)47(24-37-15-16-37)76-62(96)49(77-58(45)92)27-42-29-67-33-70-42/h8-9,12-13,25,28-29,31,33-37,43-50,53-54,81,85H,10-11,14-24,26-27,30,32H2,1-7H3,(H,67,70)(H,69,90)(H,71,97)(H,72,86)(H,73,89)(H,74,91)(H,75,95)(H,76,96)(H,77,92)(H,78,98)(H,79,93)(H,80,94)(H,87,88)(H,99,100)/t35-,36?,43-,44-,45-,46-,47-,48-,49-,50-,53?,54?/m0/s1. The fraction of sp³-hybridized carbons (Fsp3) is 0.591. The molecule has 550 valence electrons. The Balaban J connectivity index is 1.31. The van der Waals surface area contributed by atoms with Crippen LogP contribution in [-0.2, 0) is 88.1 Å². The van der Waals surface area contributed by atoms with Crippen LogP contribution in [0.15, 0.2) is 55.2 Å². The number of nitrogens with zero attached hydrogens (tertiary/aromatic N) is 5. The largest absolute Gasteiger partial charge is 0.481 e. The third-order valence-electron chi connectivity index (χ3n) is 17.1. The molecule has 35 heteroatoms. The third kappa shape index (κ3) is 25.2. The average Bonchev–Trinajstić information content (AvgIpc) is 1.30. The van der Waals surface area contributed by atoms with Crippen molar-refractivity contribution in [2.24, 2.45) is 11.8 Å². The number of aryl methyl sites for hydroxylation is 2. The number of aliphatic hydroxyl groups excluding tert-OH is 1. The number of hydrogen-bond donors (Lipinski definition) is 16. The number of pyridine rings is 1. The van der Waals surface area contributed by atoms with Crippen molar-refractivity contribution in [1.29, 1.82) is 0 Å². The van der Waals surface area contributed by atoms with Crippen molar-refractivity contribution in [3.8, 4) is 0 Å². The maximum Gasteiger partial charge on any atom is 0.328 e. The maximum atomic E-state index is 15.0. The minimum atomic E-state index is -1.85. The molecule has 3 unspecified atom stereocenters. The number of aromatic nitrogens is 6. The van der Waals surface area contributed by atoms with Gasteiger partial charge in [0.1, 0.15) is 54.4 Å². The zero-order valence-corrected chi connectivity index (χ0v) is 58.4. The summed E-state index contributed by atoms with van der Waals surface area (Å²) in [7, 11) is 0. The molecule has 2 aliphatic heterocycles. The van der Waals surface area contributed by atoms with Crippen LogP contribution >= 0.6 is 11.8 Å². The first-order valence-electron chi connectivity index (χ1n) is 33.9. The molecule has 4 aromatic rings. The maximum absolute atomic E-state index is 15.0. The minimum Gasteiger partial charge on any atom is -0.481 e. The van der Waals surface area contributed by atoms with E-state index in [1.165, 1.54) is 24.1 Å². The summed E-state index contributed by atoms with van der Waals surface area (Å²) >= 11 is 1.13. The van der Waals surface area contributed by atoms with E-state index in [2.05, 4.69) is 89.1 Å². The molecule has 12 atom stereocenters. The van der Waals surface area contributed by atoms with Gasteiger partial charge in [0, 0.05) is 72.5 Å². The lowest BCUT2D eigenvalue weighted by Crippen LogP contribution is -2.61. The van der Waals surface area contributed by atoms with E-state index in [4.69, 9.17) is 0 Å². The molecule has 3 aromatic heterocycles. The lowest BCUT2D eigenvalue weighted by Gasteiger charge is -2.30. The first-order chi connectivity index (χ1) is 47.9. The number of benzene rings is 1. The van der Waals surface area contributed by atoms with Crippen molar-refractivity contribution in [3.05, 3.63) is 72.3 Å². The second-order valence-electron chi connectivity index (χ2n) is 27.2. The van der Waals surface area contributed by atoms with Gasteiger partial charge in [-0.25, -0.2) is 9.78 Å². The fourth-order valence-electron chi connectivity index (χ4n) is 11.3. The molecule has 3 aliphatic rings. The summed E-state index contributed by atoms with van der Waals surface area (Å²) in [5.41, 5.74) is 0.313. The Labute approximate surface area is 587 Å². The summed E-state index contributed by atoms with van der Waals surface area (Å²) in [5.74, 6) is -13.6. The number of carbonyl (C=O) groups is 13. The highest BCUT2D eigenvalue weighted by molar-refractivity contribution is 7.99. The van der Waals surface area contributed by atoms with E-state index in [-0.39, 0.29) is 81.8 Å². The molecule has 0 radical (unpaired) electrons. The zero-order valence-electron chi connectivity index (χ0n) is 57.6. The van der Waals surface area contributed by atoms with Gasteiger partial charge in [-0.2, -0.15) is 11.8 Å². The quantitative estimate of drug-likeness (QED) is 0.0601. The van der Waals surface area contributed by atoms with Crippen LogP contribution < -0.4 is 63.8 Å². The van der Waals surface area contributed by atoms with Crippen LogP contribution in [0.3, 0.4) is 0 Å². The number of rotatable bonds is 15. The summed E-state index contributed by atoms with van der Waals surface area (Å²) in [5, 5.41) is 72.4. The Kier molecular flexibility index (Phi) is 28.9. The SMILES string of the molecule is CC(C)C1NC(=O)[C@@H]2CCCCn3cc(nn3)CC[C@H](NC(=O)[C@H](C)NC(=O)[C@@H](NC(C)(C)C)CSCC[C@@H](C(=O)NC(C(=O)O)C(C)O)NC(=O)[C@H](Cc3cc4ccccc4cn3)NC1=O)C(=O)N[C@@H](Cc1cnc[nH]1)C(=O)N[C@@H](CC1CC1)C(=O)NCC(=O)N[C@@H](CCC(=O)O)C(=O)N2. The lowest BCUT2D eigenvalue weighted by molar-refractivity contribution is -0.145. The molecule has 101 heavy (non-hydrogen) atoms. The fourth-order valence-corrected chi connectivity index (χ4v) is 12.4. The predicted octanol–water partition coefficient (Wildman–Crippen LogP) is -2.18. The van der Waals surface area contributed by atoms with E-state index in [9.17, 15) is 77.6 Å². The van der Waals surface area contributed by atoms with Gasteiger partial charge in [0.05, 0.1) is 30.7 Å². The molecule has 0 spiro atoms. The molecule has 0 saturated heterocycles. The molecule has 1 fully saturated rings. The number of imidazole rings is 1. The zero-order chi connectivity index (χ0) is 73.7. The first-order valence-corrected chi connectivity index (χ1v) is 35.0. The van der Waals surface area contributed by atoms with Gasteiger partial charge in [-0.05, 0) is 115 Å². The second kappa shape index (κ2) is 37.2. The van der Waals surface area contributed by atoms with Crippen molar-refractivity contribution in [1.82, 2.24) is 93.7 Å². The summed E-state index contributed by atoms with van der Waals surface area (Å²) in [6, 6.07) is -7.29. The van der Waals surface area contributed by atoms with Crippen LogP contribution in [0.25, 0.3) is 10.8 Å². The number of aliphatic hydroxyl groups is 1. The van der Waals surface area contributed by atoms with Crippen molar-refractivity contribution in [2.45, 2.75) is 217 Å². The van der Waals surface area contributed by atoms with Gasteiger partial charge >= 0.3 is 11.9 Å². The lowest BCUT2D eigenvalue weighted by atomic mass is 10.00. The number of fused-ring (bicyclic) bond motifs is 7. The molecule has 5 heterocycles. The summed E-state index contributed by atoms with van der Waals surface area (Å²) < 4.78 is 1.49. The molecule has 16 N–H and O–H groups in total. The predicted molar refractivity (Wildman–Crippen MR) is 365 cm³/mol.